The number of rotatable bonds is 2. The SMILES string of the molecule is Cc1ccc2ncsc2c1OS(=O)O. The smallest absolute Gasteiger partial charge is 0.357 e. The topological polar surface area (TPSA) is 59.4 Å². The summed E-state index contributed by atoms with van der Waals surface area (Å²) in [4.78, 5) is 4.09. The van der Waals surface area contributed by atoms with Crippen LogP contribution in [0.1, 0.15) is 5.56 Å². The van der Waals surface area contributed by atoms with Crippen LogP contribution in [-0.2, 0) is 11.4 Å². The Hall–Kier alpha value is -0.980. The van der Waals surface area contributed by atoms with E-state index in [4.69, 9.17) is 8.74 Å². The Labute approximate surface area is 87.0 Å². The highest BCUT2D eigenvalue weighted by Crippen LogP contribution is 2.32. The molecule has 0 saturated heterocycles. The first-order chi connectivity index (χ1) is 6.68. The van der Waals surface area contributed by atoms with Crippen LogP contribution in [0.15, 0.2) is 17.6 Å². The minimum Gasteiger partial charge on any atom is -0.378 e. The fourth-order valence-electron chi connectivity index (χ4n) is 1.18. The van der Waals surface area contributed by atoms with Gasteiger partial charge < -0.3 is 4.18 Å². The Morgan fingerprint density at radius 3 is 3.07 bits per heavy atom. The van der Waals surface area contributed by atoms with Crippen LogP contribution in [0.2, 0.25) is 0 Å². The number of benzene rings is 1. The predicted octanol–water partition coefficient (Wildman–Crippen LogP) is 2.12. The van der Waals surface area contributed by atoms with Crippen molar-refractivity contribution in [2.45, 2.75) is 6.92 Å². The van der Waals surface area contributed by atoms with Crippen LogP contribution >= 0.6 is 11.3 Å². The van der Waals surface area contributed by atoms with Crippen molar-refractivity contribution in [3.05, 3.63) is 23.2 Å². The highest BCUT2D eigenvalue weighted by atomic mass is 32.2. The van der Waals surface area contributed by atoms with Gasteiger partial charge in [0, 0.05) is 0 Å². The van der Waals surface area contributed by atoms with Crippen molar-refractivity contribution >= 4 is 32.9 Å². The molecule has 0 bridgehead atoms. The molecule has 0 aliphatic rings. The van der Waals surface area contributed by atoms with Crippen LogP contribution in [0.5, 0.6) is 5.75 Å². The van der Waals surface area contributed by atoms with Gasteiger partial charge >= 0.3 is 11.4 Å². The highest BCUT2D eigenvalue weighted by Gasteiger charge is 2.10. The number of fused-ring (bicyclic) bond motifs is 1. The van der Waals surface area contributed by atoms with E-state index in [1.807, 2.05) is 19.1 Å². The average molecular weight is 229 g/mol. The Kier molecular flexibility index (Phi) is 2.49. The highest BCUT2D eigenvalue weighted by molar-refractivity contribution is 7.74. The van der Waals surface area contributed by atoms with Gasteiger partial charge in [-0.15, -0.1) is 11.3 Å². The lowest BCUT2D eigenvalue weighted by Gasteiger charge is -2.04. The van der Waals surface area contributed by atoms with Crippen molar-refractivity contribution < 1.29 is 12.9 Å². The van der Waals surface area contributed by atoms with Gasteiger partial charge in [0.1, 0.15) is 0 Å². The normalized spacial score (nSPS) is 13.0. The number of nitrogens with zero attached hydrogens (tertiary/aromatic N) is 1. The van der Waals surface area contributed by atoms with Gasteiger partial charge in [-0.1, -0.05) is 6.07 Å². The van der Waals surface area contributed by atoms with Crippen LogP contribution in [0.4, 0.5) is 0 Å². The van der Waals surface area contributed by atoms with Gasteiger partial charge in [0.2, 0.25) is 0 Å². The molecule has 1 heterocycles. The summed E-state index contributed by atoms with van der Waals surface area (Å²) in [5.74, 6) is 0.436. The van der Waals surface area contributed by atoms with Gasteiger partial charge in [0.05, 0.1) is 15.7 Å². The second-order valence-corrected chi connectivity index (χ2v) is 4.17. The third-order valence-electron chi connectivity index (χ3n) is 1.81. The summed E-state index contributed by atoms with van der Waals surface area (Å²) in [7, 11) is 0. The Morgan fingerprint density at radius 2 is 2.36 bits per heavy atom. The number of aromatic nitrogens is 1. The molecule has 0 aliphatic carbocycles. The molecule has 0 amide bonds. The number of hydrogen-bond acceptors (Lipinski definition) is 4. The molecule has 0 spiro atoms. The number of aryl methyl sites for hydroxylation is 1. The molecule has 2 aromatic rings. The molecule has 0 saturated carbocycles. The van der Waals surface area contributed by atoms with Gasteiger partial charge in [0.15, 0.2) is 5.75 Å². The van der Waals surface area contributed by atoms with Gasteiger partial charge in [-0.25, -0.2) is 4.98 Å². The van der Waals surface area contributed by atoms with Crippen molar-refractivity contribution in [3.8, 4) is 5.75 Å². The van der Waals surface area contributed by atoms with Crippen LogP contribution in [0, 0.1) is 6.92 Å². The maximum absolute atomic E-state index is 10.6. The van der Waals surface area contributed by atoms with Gasteiger partial charge in [-0.05, 0) is 18.6 Å². The zero-order valence-electron chi connectivity index (χ0n) is 7.26. The van der Waals surface area contributed by atoms with Gasteiger partial charge in [-0.2, -0.15) is 4.21 Å². The van der Waals surface area contributed by atoms with Gasteiger partial charge in [0.25, 0.3) is 0 Å². The molecule has 14 heavy (non-hydrogen) atoms. The Morgan fingerprint density at radius 1 is 1.57 bits per heavy atom. The van der Waals surface area contributed by atoms with E-state index in [1.165, 1.54) is 11.3 Å². The van der Waals surface area contributed by atoms with E-state index in [2.05, 4.69) is 4.98 Å². The molecule has 0 aliphatic heterocycles. The van der Waals surface area contributed by atoms with E-state index in [0.29, 0.717) is 5.75 Å². The average Bonchev–Trinajstić information content (AvgIpc) is 2.57. The number of hydrogen-bond donors (Lipinski definition) is 1. The van der Waals surface area contributed by atoms with E-state index in [1.54, 1.807) is 5.51 Å². The summed E-state index contributed by atoms with van der Waals surface area (Å²) >= 11 is -0.900. The first kappa shape index (κ1) is 9.57. The van der Waals surface area contributed by atoms with Crippen molar-refractivity contribution in [3.63, 3.8) is 0 Å². The lowest BCUT2D eigenvalue weighted by molar-refractivity contribution is 0.459. The molecular weight excluding hydrogens is 222 g/mol. The molecule has 4 nitrogen and oxygen atoms in total. The van der Waals surface area contributed by atoms with Crippen LogP contribution in [-0.4, -0.2) is 13.7 Å². The van der Waals surface area contributed by atoms with E-state index in [0.717, 1.165) is 15.8 Å². The molecule has 1 aromatic carbocycles. The summed E-state index contributed by atoms with van der Waals surface area (Å²) in [5, 5.41) is 0. The summed E-state index contributed by atoms with van der Waals surface area (Å²) in [6, 6.07) is 3.67. The first-order valence-electron chi connectivity index (χ1n) is 3.80. The third kappa shape index (κ3) is 1.63. The second kappa shape index (κ2) is 3.64. The predicted molar refractivity (Wildman–Crippen MR) is 55.8 cm³/mol. The van der Waals surface area contributed by atoms with Crippen LogP contribution in [0.25, 0.3) is 10.2 Å². The Balaban J connectivity index is 2.64. The molecule has 2 rings (SSSR count). The quantitative estimate of drug-likeness (QED) is 0.801. The summed E-state index contributed by atoms with van der Waals surface area (Å²) in [5.41, 5.74) is 3.28. The lowest BCUT2D eigenvalue weighted by Crippen LogP contribution is -1.99. The fraction of sp³-hybridized carbons (Fsp3) is 0.125. The molecule has 1 atom stereocenters. The molecule has 74 valence electrons. The zero-order chi connectivity index (χ0) is 10.1. The zero-order valence-corrected chi connectivity index (χ0v) is 8.89. The summed E-state index contributed by atoms with van der Waals surface area (Å²) in [6.07, 6.45) is 0. The third-order valence-corrected chi connectivity index (χ3v) is 2.96. The van der Waals surface area contributed by atoms with E-state index < -0.39 is 11.4 Å². The molecular formula is C8H7NO3S2. The summed E-state index contributed by atoms with van der Waals surface area (Å²) in [6.45, 7) is 1.82. The molecule has 1 N–H and O–H groups in total. The monoisotopic (exact) mass is 229 g/mol. The molecule has 1 aromatic heterocycles. The standard InChI is InChI=1S/C8H7NO3S2/c1-5-2-3-6-8(13-4-9-6)7(5)12-14(10)11/h2-4H,1H3,(H,10,11). The van der Waals surface area contributed by atoms with Crippen molar-refractivity contribution in [1.29, 1.82) is 0 Å². The molecule has 6 heteroatoms. The van der Waals surface area contributed by atoms with E-state index >= 15 is 0 Å². The molecule has 0 radical (unpaired) electrons. The largest absolute Gasteiger partial charge is 0.378 e. The van der Waals surface area contributed by atoms with Crippen molar-refractivity contribution in [2.75, 3.05) is 0 Å². The molecule has 1 unspecified atom stereocenters. The first-order valence-corrected chi connectivity index (χ1v) is 5.71. The Bertz CT molecular complexity index is 494. The van der Waals surface area contributed by atoms with Crippen molar-refractivity contribution in [2.24, 2.45) is 0 Å². The van der Waals surface area contributed by atoms with E-state index in [9.17, 15) is 4.21 Å². The number of thiazole rings is 1. The maximum atomic E-state index is 10.6. The lowest BCUT2D eigenvalue weighted by atomic mass is 10.2. The fourth-order valence-corrected chi connectivity index (χ4v) is 2.41. The summed E-state index contributed by atoms with van der Waals surface area (Å²) < 4.78 is 24.8. The second-order valence-electron chi connectivity index (χ2n) is 2.71. The van der Waals surface area contributed by atoms with Crippen LogP contribution in [0.3, 0.4) is 0 Å². The van der Waals surface area contributed by atoms with Crippen LogP contribution < -0.4 is 4.18 Å². The minimum absolute atomic E-state index is 0.436. The van der Waals surface area contributed by atoms with Crippen molar-refractivity contribution in [1.82, 2.24) is 4.98 Å². The molecule has 0 fully saturated rings. The minimum atomic E-state index is -2.29. The van der Waals surface area contributed by atoms with Gasteiger partial charge in [-0.3, -0.25) is 4.55 Å². The maximum Gasteiger partial charge on any atom is 0.357 e. The van der Waals surface area contributed by atoms with E-state index in [-0.39, 0.29) is 0 Å².